The van der Waals surface area contributed by atoms with E-state index in [-0.39, 0.29) is 0 Å². The van der Waals surface area contributed by atoms with Crippen LogP contribution in [-0.2, 0) is 6.42 Å². The summed E-state index contributed by atoms with van der Waals surface area (Å²) < 4.78 is 10.9. The Kier molecular flexibility index (Phi) is 4.04. The highest BCUT2D eigenvalue weighted by Gasteiger charge is 2.06. The van der Waals surface area contributed by atoms with Crippen LogP contribution in [0.1, 0.15) is 18.1 Å². The lowest BCUT2D eigenvalue weighted by molar-refractivity contribution is 0.409. The number of ether oxygens (including phenoxy) is 2. The molecule has 0 N–H and O–H groups in total. The van der Waals surface area contributed by atoms with Gasteiger partial charge in [0.25, 0.3) is 0 Å². The molecule has 0 aliphatic rings. The molecule has 0 bridgehead atoms. The lowest BCUT2D eigenvalue weighted by atomic mass is 10.1. The summed E-state index contributed by atoms with van der Waals surface area (Å²) in [4.78, 5) is 0. The first-order chi connectivity index (χ1) is 9.26. The molecule has 0 atom stereocenters. The number of nitrogens with zero attached hydrogens (tertiary/aromatic N) is 1. The van der Waals surface area contributed by atoms with E-state index in [1.807, 2.05) is 24.3 Å². The van der Waals surface area contributed by atoms with Crippen molar-refractivity contribution in [3.05, 3.63) is 53.6 Å². The van der Waals surface area contributed by atoms with Gasteiger partial charge in [0.05, 0.1) is 12.7 Å². The fourth-order valence-corrected chi connectivity index (χ4v) is 1.73. The first kappa shape index (κ1) is 13.0. The molecule has 96 valence electrons. The van der Waals surface area contributed by atoms with E-state index in [0.717, 1.165) is 6.42 Å². The number of hydrogen-bond acceptors (Lipinski definition) is 3. The Labute approximate surface area is 113 Å². The van der Waals surface area contributed by atoms with Crippen LogP contribution in [-0.4, -0.2) is 7.11 Å². The zero-order chi connectivity index (χ0) is 13.7. The number of nitriles is 1. The fraction of sp³-hybridized carbons (Fsp3) is 0.188. The smallest absolute Gasteiger partial charge is 0.148 e. The van der Waals surface area contributed by atoms with Crippen molar-refractivity contribution in [1.29, 1.82) is 5.26 Å². The summed E-state index contributed by atoms with van der Waals surface area (Å²) >= 11 is 0. The van der Waals surface area contributed by atoms with Gasteiger partial charge in [0.15, 0.2) is 0 Å². The molecule has 0 saturated carbocycles. The minimum absolute atomic E-state index is 0.486. The van der Waals surface area contributed by atoms with Crippen molar-refractivity contribution in [2.75, 3.05) is 7.11 Å². The number of hydrogen-bond donors (Lipinski definition) is 0. The molecular formula is C16H15NO2. The van der Waals surface area contributed by atoms with E-state index in [0.29, 0.717) is 22.8 Å². The zero-order valence-electron chi connectivity index (χ0n) is 11.0. The standard InChI is InChI=1S/C16H15NO2/c1-3-12-4-7-14(8-5-12)19-16-10-15(18-2)9-6-13(16)11-17/h4-10H,3H2,1-2H3. The van der Waals surface area contributed by atoms with E-state index in [1.165, 1.54) is 5.56 Å². The van der Waals surface area contributed by atoms with Gasteiger partial charge in [-0.05, 0) is 36.2 Å². The Hall–Kier alpha value is -2.47. The van der Waals surface area contributed by atoms with E-state index in [2.05, 4.69) is 13.0 Å². The fourth-order valence-electron chi connectivity index (χ4n) is 1.73. The average Bonchev–Trinajstić information content (AvgIpc) is 2.48. The molecule has 0 spiro atoms. The Morgan fingerprint density at radius 2 is 1.74 bits per heavy atom. The van der Waals surface area contributed by atoms with Gasteiger partial charge in [0.1, 0.15) is 23.3 Å². The molecule has 0 amide bonds. The molecular weight excluding hydrogens is 238 g/mol. The van der Waals surface area contributed by atoms with E-state index < -0.39 is 0 Å². The first-order valence-corrected chi connectivity index (χ1v) is 6.11. The van der Waals surface area contributed by atoms with Crippen molar-refractivity contribution in [1.82, 2.24) is 0 Å². The van der Waals surface area contributed by atoms with Gasteiger partial charge in [0.2, 0.25) is 0 Å². The topological polar surface area (TPSA) is 42.2 Å². The van der Waals surface area contributed by atoms with Crippen LogP contribution >= 0.6 is 0 Å². The maximum atomic E-state index is 9.07. The second-order valence-corrected chi connectivity index (χ2v) is 4.07. The maximum Gasteiger partial charge on any atom is 0.148 e. The molecule has 0 radical (unpaired) electrons. The van der Waals surface area contributed by atoms with Gasteiger partial charge in [-0.2, -0.15) is 5.26 Å². The van der Waals surface area contributed by atoms with Crippen LogP contribution in [0.5, 0.6) is 17.2 Å². The van der Waals surface area contributed by atoms with E-state index in [4.69, 9.17) is 14.7 Å². The molecule has 3 heteroatoms. The van der Waals surface area contributed by atoms with Crippen LogP contribution in [0.15, 0.2) is 42.5 Å². The number of aryl methyl sites for hydroxylation is 1. The summed E-state index contributed by atoms with van der Waals surface area (Å²) in [5.74, 6) is 1.88. The van der Waals surface area contributed by atoms with Crippen molar-refractivity contribution in [2.45, 2.75) is 13.3 Å². The number of rotatable bonds is 4. The lowest BCUT2D eigenvalue weighted by Crippen LogP contribution is -1.91. The van der Waals surface area contributed by atoms with Crippen molar-refractivity contribution in [2.24, 2.45) is 0 Å². The maximum absolute atomic E-state index is 9.07. The summed E-state index contributed by atoms with van der Waals surface area (Å²) in [5.41, 5.74) is 1.74. The molecule has 2 aromatic carbocycles. The van der Waals surface area contributed by atoms with Crippen LogP contribution in [0.4, 0.5) is 0 Å². The van der Waals surface area contributed by atoms with E-state index in [1.54, 1.807) is 25.3 Å². The summed E-state index contributed by atoms with van der Waals surface area (Å²) in [6.45, 7) is 2.10. The van der Waals surface area contributed by atoms with Crippen molar-refractivity contribution < 1.29 is 9.47 Å². The number of benzene rings is 2. The predicted molar refractivity (Wildman–Crippen MR) is 73.6 cm³/mol. The normalized spacial score (nSPS) is 9.74. The van der Waals surface area contributed by atoms with Gasteiger partial charge in [-0.25, -0.2) is 0 Å². The van der Waals surface area contributed by atoms with E-state index in [9.17, 15) is 0 Å². The van der Waals surface area contributed by atoms with Crippen molar-refractivity contribution in [3.63, 3.8) is 0 Å². The monoisotopic (exact) mass is 253 g/mol. The third-order valence-electron chi connectivity index (χ3n) is 2.87. The Bertz CT molecular complexity index is 597. The second kappa shape index (κ2) is 5.92. The minimum Gasteiger partial charge on any atom is -0.497 e. The van der Waals surface area contributed by atoms with Gasteiger partial charge in [-0.1, -0.05) is 19.1 Å². The predicted octanol–water partition coefficient (Wildman–Crippen LogP) is 3.92. The van der Waals surface area contributed by atoms with Gasteiger partial charge in [-0.3, -0.25) is 0 Å². The van der Waals surface area contributed by atoms with Gasteiger partial charge in [0, 0.05) is 6.07 Å². The molecule has 19 heavy (non-hydrogen) atoms. The average molecular weight is 253 g/mol. The Balaban J connectivity index is 2.28. The molecule has 0 aliphatic carbocycles. The molecule has 2 aromatic rings. The SMILES string of the molecule is CCc1ccc(Oc2cc(OC)ccc2C#N)cc1. The van der Waals surface area contributed by atoms with Crippen LogP contribution in [0, 0.1) is 11.3 Å². The van der Waals surface area contributed by atoms with Gasteiger partial charge in [-0.15, -0.1) is 0 Å². The summed E-state index contributed by atoms with van der Waals surface area (Å²) in [5, 5.41) is 9.07. The Morgan fingerprint density at radius 1 is 1.05 bits per heavy atom. The highest BCUT2D eigenvalue weighted by atomic mass is 16.5. The molecule has 0 fully saturated rings. The third kappa shape index (κ3) is 3.05. The van der Waals surface area contributed by atoms with Crippen LogP contribution in [0.2, 0.25) is 0 Å². The number of methoxy groups -OCH3 is 1. The first-order valence-electron chi connectivity index (χ1n) is 6.11. The highest BCUT2D eigenvalue weighted by molar-refractivity contribution is 5.49. The second-order valence-electron chi connectivity index (χ2n) is 4.07. The van der Waals surface area contributed by atoms with Crippen LogP contribution < -0.4 is 9.47 Å². The summed E-state index contributed by atoms with van der Waals surface area (Å²) in [6.07, 6.45) is 0.989. The summed E-state index contributed by atoms with van der Waals surface area (Å²) in [6, 6.07) is 15.1. The molecule has 0 saturated heterocycles. The van der Waals surface area contributed by atoms with Crippen molar-refractivity contribution >= 4 is 0 Å². The molecule has 0 aliphatic heterocycles. The zero-order valence-corrected chi connectivity index (χ0v) is 11.0. The largest absolute Gasteiger partial charge is 0.497 e. The van der Waals surface area contributed by atoms with Gasteiger partial charge >= 0.3 is 0 Å². The van der Waals surface area contributed by atoms with Crippen LogP contribution in [0.3, 0.4) is 0 Å². The molecule has 0 aromatic heterocycles. The molecule has 3 nitrogen and oxygen atoms in total. The highest BCUT2D eigenvalue weighted by Crippen LogP contribution is 2.29. The Morgan fingerprint density at radius 3 is 2.32 bits per heavy atom. The minimum atomic E-state index is 0.486. The van der Waals surface area contributed by atoms with Crippen LogP contribution in [0.25, 0.3) is 0 Å². The lowest BCUT2D eigenvalue weighted by Gasteiger charge is -2.09. The summed E-state index contributed by atoms with van der Waals surface area (Å²) in [7, 11) is 1.58. The molecule has 0 unspecified atom stereocenters. The van der Waals surface area contributed by atoms with Gasteiger partial charge < -0.3 is 9.47 Å². The van der Waals surface area contributed by atoms with Crippen molar-refractivity contribution in [3.8, 4) is 23.3 Å². The van der Waals surface area contributed by atoms with E-state index >= 15 is 0 Å². The molecule has 2 rings (SSSR count). The quantitative estimate of drug-likeness (QED) is 0.829. The molecule has 0 heterocycles. The third-order valence-corrected chi connectivity index (χ3v) is 2.87.